The molecule has 0 heterocycles. The molecule has 0 spiro atoms. The maximum Gasteiger partial charge on any atom is 0.171 e. The van der Waals surface area contributed by atoms with Crippen molar-refractivity contribution in [1.29, 1.82) is 0 Å². The Hall–Kier alpha value is -3.67. The van der Waals surface area contributed by atoms with Gasteiger partial charge >= 0.3 is 0 Å². The Bertz CT molecular complexity index is 1520. The summed E-state index contributed by atoms with van der Waals surface area (Å²) >= 11 is 0. The fourth-order valence-corrected chi connectivity index (χ4v) is 7.85. The highest BCUT2D eigenvalue weighted by atomic mass is 31.2. The maximum absolute atomic E-state index is 14.9. The van der Waals surface area contributed by atoms with Gasteiger partial charge in [-0.3, -0.25) is 0 Å². The van der Waals surface area contributed by atoms with Crippen LogP contribution in [0.3, 0.4) is 0 Å². The summed E-state index contributed by atoms with van der Waals surface area (Å²) in [5, 5.41) is 5.15. The van der Waals surface area contributed by atoms with E-state index in [1.807, 2.05) is 72.8 Å². The van der Waals surface area contributed by atoms with Gasteiger partial charge in [-0.2, -0.15) is 0 Å². The summed E-state index contributed by atoms with van der Waals surface area (Å²) in [5.41, 5.74) is 5.01. The van der Waals surface area contributed by atoms with Gasteiger partial charge in [0.05, 0.1) is 0 Å². The van der Waals surface area contributed by atoms with Crippen LogP contribution in [0, 0.1) is 0 Å². The zero-order valence-corrected chi connectivity index (χ0v) is 19.8. The minimum Gasteiger partial charge on any atom is -0.309 e. The third-order valence-corrected chi connectivity index (χ3v) is 9.87. The lowest BCUT2D eigenvalue weighted by Gasteiger charge is -2.21. The molecule has 0 N–H and O–H groups in total. The van der Waals surface area contributed by atoms with E-state index >= 15 is 0 Å². The largest absolute Gasteiger partial charge is 0.309 e. The van der Waals surface area contributed by atoms with Gasteiger partial charge in [0.15, 0.2) is 7.14 Å². The van der Waals surface area contributed by atoms with Crippen LogP contribution in [0.4, 0.5) is 0 Å². The van der Waals surface area contributed by atoms with Crippen LogP contribution >= 0.6 is 7.14 Å². The second-order valence-corrected chi connectivity index (χ2v) is 11.6. The monoisotopic (exact) mass is 456 g/mol. The van der Waals surface area contributed by atoms with E-state index in [2.05, 4.69) is 54.6 Å². The van der Waals surface area contributed by atoms with Gasteiger partial charge in [-0.1, -0.05) is 115 Å². The first-order valence-corrected chi connectivity index (χ1v) is 13.5. The maximum atomic E-state index is 14.9. The standard InChI is InChI=1S/C32H25OP/c33-34(26-14-3-1-4-15-26,27-16-5-2-6-17-27)28-18-11-13-24(22-28)32-23-25-12-7-8-19-29(25)30-20-9-10-21-31(30)32/h1-7,9-18,20-23H,8,19H2. The first-order valence-electron chi connectivity index (χ1n) is 11.8. The Balaban J connectivity index is 1.59. The molecule has 5 aromatic carbocycles. The Morgan fingerprint density at radius 2 is 1.21 bits per heavy atom. The summed E-state index contributed by atoms with van der Waals surface area (Å²) in [4.78, 5) is 0. The van der Waals surface area contributed by atoms with Crippen LogP contribution < -0.4 is 15.9 Å². The van der Waals surface area contributed by atoms with Gasteiger partial charge < -0.3 is 4.57 Å². The molecule has 0 radical (unpaired) electrons. The molecule has 0 bridgehead atoms. The van der Waals surface area contributed by atoms with E-state index in [0.29, 0.717) is 0 Å². The summed E-state index contributed by atoms with van der Waals surface area (Å²) in [6.45, 7) is 0. The molecule has 0 atom stereocenters. The van der Waals surface area contributed by atoms with Crippen LogP contribution in [0.2, 0.25) is 0 Å². The third kappa shape index (κ3) is 3.45. The smallest absolute Gasteiger partial charge is 0.171 e. The molecule has 1 nitrogen and oxygen atoms in total. The number of fused-ring (bicyclic) bond motifs is 3. The van der Waals surface area contributed by atoms with E-state index in [-0.39, 0.29) is 0 Å². The van der Waals surface area contributed by atoms with Crippen molar-refractivity contribution in [2.24, 2.45) is 0 Å². The van der Waals surface area contributed by atoms with Crippen LogP contribution in [-0.4, -0.2) is 0 Å². The quantitative estimate of drug-likeness (QED) is 0.264. The van der Waals surface area contributed by atoms with Crippen molar-refractivity contribution in [3.63, 3.8) is 0 Å². The number of rotatable bonds is 4. The Morgan fingerprint density at radius 1 is 0.588 bits per heavy atom. The normalized spacial score (nSPS) is 13.1. The molecule has 0 saturated carbocycles. The van der Waals surface area contributed by atoms with E-state index in [1.165, 1.54) is 27.5 Å². The van der Waals surface area contributed by atoms with Crippen molar-refractivity contribution in [2.75, 3.05) is 0 Å². The molecule has 6 rings (SSSR count). The number of benzene rings is 5. The first-order chi connectivity index (χ1) is 16.7. The fraction of sp³-hybridized carbons (Fsp3) is 0.0625. The molecule has 1 aliphatic rings. The van der Waals surface area contributed by atoms with Gasteiger partial charge in [0.2, 0.25) is 0 Å². The van der Waals surface area contributed by atoms with Crippen molar-refractivity contribution in [3.8, 4) is 11.1 Å². The SMILES string of the molecule is O=P(c1ccccc1)(c1ccccc1)c1cccc(-c2cc3c(c4ccccc24)CCC=C3)c1. The highest BCUT2D eigenvalue weighted by molar-refractivity contribution is 7.85. The summed E-state index contributed by atoms with van der Waals surface area (Å²) in [5.74, 6) is 0. The number of hydrogen-bond acceptors (Lipinski definition) is 1. The lowest BCUT2D eigenvalue weighted by molar-refractivity contribution is 0.592. The minimum atomic E-state index is -3.02. The molecule has 1 aliphatic carbocycles. The lowest BCUT2D eigenvalue weighted by Crippen LogP contribution is -2.25. The Labute approximate surface area is 200 Å². The fourth-order valence-electron chi connectivity index (χ4n) is 5.15. The highest BCUT2D eigenvalue weighted by Gasteiger charge is 2.30. The molecular formula is C32H25OP. The molecular weight excluding hydrogens is 431 g/mol. The highest BCUT2D eigenvalue weighted by Crippen LogP contribution is 2.44. The summed E-state index contributed by atoms with van der Waals surface area (Å²) < 4.78 is 14.9. The van der Waals surface area contributed by atoms with Crippen molar-refractivity contribution in [2.45, 2.75) is 12.8 Å². The number of hydrogen-bond donors (Lipinski definition) is 0. The molecule has 2 heteroatoms. The van der Waals surface area contributed by atoms with Gasteiger partial charge in [-0.25, -0.2) is 0 Å². The number of allylic oxidation sites excluding steroid dienone is 1. The van der Waals surface area contributed by atoms with Crippen molar-refractivity contribution < 1.29 is 4.57 Å². The van der Waals surface area contributed by atoms with E-state index < -0.39 is 7.14 Å². The predicted octanol–water partition coefficient (Wildman–Crippen LogP) is 7.11. The summed E-state index contributed by atoms with van der Waals surface area (Å²) in [7, 11) is -3.02. The Kier molecular flexibility index (Phi) is 5.28. The van der Waals surface area contributed by atoms with Crippen LogP contribution in [0.25, 0.3) is 28.0 Å². The molecule has 0 fully saturated rings. The first kappa shape index (κ1) is 20.9. The van der Waals surface area contributed by atoms with Gasteiger partial charge in [0.1, 0.15) is 0 Å². The summed E-state index contributed by atoms with van der Waals surface area (Å²) in [6, 6.07) is 39.1. The minimum absolute atomic E-state index is 0.858. The van der Waals surface area contributed by atoms with Crippen LogP contribution in [0.5, 0.6) is 0 Å². The van der Waals surface area contributed by atoms with Crippen molar-refractivity contribution in [1.82, 2.24) is 0 Å². The van der Waals surface area contributed by atoms with Gasteiger partial charge in [0.25, 0.3) is 0 Å². The van der Waals surface area contributed by atoms with E-state index in [9.17, 15) is 4.57 Å². The van der Waals surface area contributed by atoms with Crippen LogP contribution in [-0.2, 0) is 11.0 Å². The molecule has 0 unspecified atom stereocenters. The third-order valence-electron chi connectivity index (χ3n) is 6.81. The van der Waals surface area contributed by atoms with Gasteiger partial charge in [-0.05, 0) is 58.0 Å². The average Bonchev–Trinajstić information content (AvgIpc) is 2.93. The van der Waals surface area contributed by atoms with E-state index in [1.54, 1.807) is 0 Å². The second-order valence-electron chi connectivity index (χ2n) is 8.81. The second kappa shape index (κ2) is 8.60. The van der Waals surface area contributed by atoms with E-state index in [0.717, 1.165) is 34.3 Å². The molecule has 164 valence electrons. The van der Waals surface area contributed by atoms with Crippen LogP contribution in [0.1, 0.15) is 17.5 Å². The topological polar surface area (TPSA) is 17.1 Å². The molecule has 0 saturated heterocycles. The summed E-state index contributed by atoms with van der Waals surface area (Å²) in [6.07, 6.45) is 6.67. The van der Waals surface area contributed by atoms with E-state index in [4.69, 9.17) is 0 Å². The van der Waals surface area contributed by atoms with Gasteiger partial charge in [0, 0.05) is 15.9 Å². The Morgan fingerprint density at radius 3 is 1.91 bits per heavy atom. The van der Waals surface area contributed by atoms with Crippen molar-refractivity contribution >= 4 is 39.9 Å². The average molecular weight is 457 g/mol. The predicted molar refractivity (Wildman–Crippen MR) is 146 cm³/mol. The molecule has 0 aliphatic heterocycles. The molecule has 5 aromatic rings. The number of aryl methyl sites for hydroxylation is 1. The van der Waals surface area contributed by atoms with Crippen molar-refractivity contribution in [3.05, 3.63) is 132 Å². The van der Waals surface area contributed by atoms with Crippen LogP contribution in [0.15, 0.2) is 121 Å². The van der Waals surface area contributed by atoms with Gasteiger partial charge in [-0.15, -0.1) is 0 Å². The molecule has 0 amide bonds. The zero-order valence-electron chi connectivity index (χ0n) is 18.9. The molecule has 34 heavy (non-hydrogen) atoms. The zero-order chi connectivity index (χ0) is 23.0. The lowest BCUT2D eigenvalue weighted by atomic mass is 9.87. The molecule has 0 aromatic heterocycles.